The van der Waals surface area contributed by atoms with Gasteiger partial charge in [0.15, 0.2) is 0 Å². The van der Waals surface area contributed by atoms with Crippen LogP contribution < -0.4 is 5.46 Å². The molecule has 0 bridgehead atoms. The van der Waals surface area contributed by atoms with Gasteiger partial charge in [0.2, 0.25) is 0 Å². The van der Waals surface area contributed by atoms with Gasteiger partial charge in [0, 0.05) is 82.5 Å². The van der Waals surface area contributed by atoms with Gasteiger partial charge in [-0.2, -0.15) is 0 Å². The zero-order valence-electron chi connectivity index (χ0n) is 25.9. The monoisotopic (exact) mass is 447 g/mol. The molecule has 0 N–H and O–H groups in total. The number of benzene rings is 1. The maximum Gasteiger partial charge on any atom is 0.0806 e. The van der Waals surface area contributed by atoms with Crippen LogP contribution in [0.5, 0.6) is 0 Å². The third-order valence-corrected chi connectivity index (χ3v) is 8.87. The Bertz CT molecular complexity index is 953. The molecule has 2 rings (SSSR count). The molecule has 1 aromatic heterocycles. The Balaban J connectivity index is 2.91. The van der Waals surface area contributed by atoms with Gasteiger partial charge >= 0.3 is 0 Å². The van der Waals surface area contributed by atoms with Crippen LogP contribution in [0.25, 0.3) is 11.1 Å². The van der Waals surface area contributed by atoms with Crippen LogP contribution in [-0.4, -0.2) is 161 Å². The van der Waals surface area contributed by atoms with Crippen molar-refractivity contribution in [1.82, 2.24) is 4.98 Å². The van der Waals surface area contributed by atoms with Crippen LogP contribution in [0.2, 0.25) is 0 Å². The highest BCUT2D eigenvalue weighted by molar-refractivity contribution is 8.18. The van der Waals surface area contributed by atoms with E-state index in [1.165, 1.54) is 29.3 Å². The van der Waals surface area contributed by atoms with Gasteiger partial charge in [-0.3, -0.25) is 4.98 Å². The summed E-state index contributed by atoms with van der Waals surface area (Å²) >= 11 is 0. The summed E-state index contributed by atoms with van der Waals surface area (Å²) in [5.74, 6) is 0. The topological polar surface area (TPSA) is 12.9 Å². The Kier molecular flexibility index (Phi) is 12.7. The van der Waals surface area contributed by atoms with Crippen LogP contribution in [0.15, 0.2) is 36.7 Å². The summed E-state index contributed by atoms with van der Waals surface area (Å²) in [5.41, 5.74) is 6.69. The summed E-state index contributed by atoms with van der Waals surface area (Å²) in [7, 11) is 28.4. The molecule has 2 aromatic rings. The normalized spacial score (nSPS) is 10.1. The van der Waals surface area contributed by atoms with Crippen LogP contribution in [0.1, 0.15) is 11.1 Å². The van der Waals surface area contributed by atoms with Crippen molar-refractivity contribution in [3.05, 3.63) is 47.8 Å². The maximum atomic E-state index is 4.53. The van der Waals surface area contributed by atoms with Gasteiger partial charge in [0.1, 0.15) is 0 Å². The Morgan fingerprint density at radius 1 is 0.583 bits per heavy atom. The number of rotatable bonds is 12. The summed E-state index contributed by atoms with van der Waals surface area (Å²) in [6.45, 7) is 4.96. The van der Waals surface area contributed by atoms with Crippen LogP contribution in [-0.2, 0) is 0 Å². The van der Waals surface area contributed by atoms with Crippen LogP contribution in [0.3, 0.4) is 0 Å². The van der Waals surface area contributed by atoms with Crippen LogP contribution in [0, 0.1) is 13.8 Å². The fraction of sp³-hybridized carbons (Fsp3) is 0.154. The lowest BCUT2D eigenvalue weighted by Gasteiger charge is -2.44. The van der Waals surface area contributed by atoms with E-state index in [9.17, 15) is 0 Å². The lowest BCUT2D eigenvalue weighted by molar-refractivity contribution is 1.27. The van der Waals surface area contributed by atoms with Crippen LogP contribution in [0.4, 0.5) is 0 Å². The van der Waals surface area contributed by atoms with Gasteiger partial charge in [-0.25, -0.2) is 0 Å². The SMILES string of the molecule is BBB(B(B)B)B(B(B(B)B)B(B)B)B(B(B(B)B)B(B)B)c1cc(C)cc(-c2cncc(C)c2)c1. The van der Waals surface area contributed by atoms with Gasteiger partial charge in [0.25, 0.3) is 0 Å². The summed E-state index contributed by atoms with van der Waals surface area (Å²) in [5, 5.41) is 0. The first-order chi connectivity index (χ1) is 16.8. The Hall–Kier alpha value is -0.201. The van der Waals surface area contributed by atoms with Crippen molar-refractivity contribution in [2.45, 2.75) is 13.8 Å². The number of hydrogen-bond acceptors (Lipinski definition) is 1. The molecule has 0 aliphatic heterocycles. The molecule has 0 aliphatic carbocycles. The third-order valence-electron chi connectivity index (χ3n) is 8.87. The Labute approximate surface area is 238 Å². The highest BCUT2D eigenvalue weighted by atomic mass is 14.6. The van der Waals surface area contributed by atoms with E-state index < -0.39 is 0 Å². The van der Waals surface area contributed by atoms with Crippen molar-refractivity contribution in [3.63, 3.8) is 0 Å². The molecular formula is C13H35B22N. The molecule has 1 nitrogen and oxygen atoms in total. The zero-order valence-corrected chi connectivity index (χ0v) is 25.9. The van der Waals surface area contributed by atoms with Crippen molar-refractivity contribution in [3.8, 4) is 11.1 Å². The van der Waals surface area contributed by atoms with Gasteiger partial charge in [0.05, 0.1) is 91.6 Å². The molecule has 0 unspecified atom stereocenters. The number of hydrogen-bond donors (Lipinski definition) is 0. The predicted molar refractivity (Wildman–Crippen MR) is 217 cm³/mol. The van der Waals surface area contributed by atoms with Crippen molar-refractivity contribution in [1.29, 1.82) is 0 Å². The second-order valence-electron chi connectivity index (χ2n) is 13.4. The highest BCUT2D eigenvalue weighted by Crippen LogP contribution is 2.21. The van der Waals surface area contributed by atoms with Crippen molar-refractivity contribution in [2.24, 2.45) is 0 Å². The number of nitrogens with zero attached hydrogens (tertiary/aromatic N) is 1. The van der Waals surface area contributed by atoms with Crippen molar-refractivity contribution >= 4 is 162 Å². The van der Waals surface area contributed by atoms with E-state index in [4.69, 9.17) is 0 Å². The average Bonchev–Trinajstić information content (AvgIpc) is 2.75. The molecule has 1 aromatic carbocycles. The molecule has 0 radical (unpaired) electrons. The van der Waals surface area contributed by atoms with Gasteiger partial charge in [-0.1, -0.05) is 29.2 Å². The molecule has 0 saturated heterocycles. The number of aromatic nitrogens is 1. The molecular weight excluding hydrogens is 408 g/mol. The molecule has 23 heteroatoms. The molecule has 158 valence electrons. The smallest absolute Gasteiger partial charge is 0.0806 e. The number of pyridine rings is 1. The van der Waals surface area contributed by atoms with E-state index in [2.05, 4.69) is 128 Å². The van der Waals surface area contributed by atoms with Gasteiger partial charge in [-0.15, -0.1) is 0 Å². The highest BCUT2D eigenvalue weighted by Gasteiger charge is 2.49. The summed E-state index contributed by atoms with van der Waals surface area (Å²) in [6, 6.07) is 9.69. The van der Waals surface area contributed by atoms with Crippen molar-refractivity contribution in [2.75, 3.05) is 0 Å². The Morgan fingerprint density at radius 2 is 1.11 bits per heavy atom. The average molecular weight is 443 g/mol. The standard InChI is InChI=1S/C13H35B22N/c1-9-3-11(12-4-10(2)7-36-8-12)6-13(5-9)26(33(28(17)18)29(19)20)34(32(25-14)27(15)16)35(30(21)22)31(23)24/h3-8,25H,14-24H2,1-2H3. The molecule has 0 aliphatic rings. The minimum absolute atomic E-state index is 0.531. The lowest BCUT2D eigenvalue weighted by atomic mass is 8.39. The fourth-order valence-electron chi connectivity index (χ4n) is 7.82. The van der Waals surface area contributed by atoms with Crippen LogP contribution >= 0.6 is 0 Å². The molecule has 0 atom stereocenters. The third kappa shape index (κ3) is 7.91. The quantitative estimate of drug-likeness (QED) is 0.297. The summed E-state index contributed by atoms with van der Waals surface area (Å²) in [4.78, 5) is 4.53. The lowest BCUT2D eigenvalue weighted by Crippen LogP contribution is -2.84. The minimum Gasteiger partial charge on any atom is -0.264 e. The summed E-state index contributed by atoms with van der Waals surface area (Å²) in [6.07, 6.45) is 9.92. The molecule has 0 amide bonds. The second-order valence-corrected chi connectivity index (χ2v) is 13.4. The largest absolute Gasteiger partial charge is 0.264 e. The van der Waals surface area contributed by atoms with Gasteiger partial charge in [-0.05, 0) is 31.0 Å². The first kappa shape index (κ1) is 32.0. The molecule has 36 heavy (non-hydrogen) atoms. The first-order valence-corrected chi connectivity index (χ1v) is 14.8. The van der Waals surface area contributed by atoms with E-state index >= 15 is 0 Å². The van der Waals surface area contributed by atoms with E-state index in [1.54, 1.807) is 5.46 Å². The molecule has 0 saturated carbocycles. The van der Waals surface area contributed by atoms with E-state index in [0.29, 0.717) is 64.0 Å². The van der Waals surface area contributed by atoms with E-state index in [-0.39, 0.29) is 0 Å². The molecule has 0 spiro atoms. The molecule has 1 heterocycles. The van der Waals surface area contributed by atoms with Gasteiger partial charge < -0.3 is 0 Å². The molecule has 0 fully saturated rings. The second kappa shape index (κ2) is 14.3. The van der Waals surface area contributed by atoms with E-state index in [1.807, 2.05) is 12.4 Å². The minimum atomic E-state index is 0.531. The first-order valence-electron chi connectivity index (χ1n) is 14.8. The Morgan fingerprint density at radius 3 is 1.56 bits per heavy atom. The number of aryl methyl sites for hydroxylation is 2. The predicted octanol–water partition coefficient (Wildman–Crippen LogP) is -12.0. The van der Waals surface area contributed by atoms with E-state index in [0.717, 1.165) is 0 Å². The fourth-order valence-corrected chi connectivity index (χ4v) is 7.82. The maximum absolute atomic E-state index is 4.53. The zero-order chi connectivity index (χ0) is 27.3. The van der Waals surface area contributed by atoms with Crippen molar-refractivity contribution < 1.29 is 0 Å². The summed E-state index contributed by atoms with van der Waals surface area (Å²) < 4.78 is 0.